The van der Waals surface area contributed by atoms with Crippen molar-refractivity contribution in [1.29, 1.82) is 0 Å². The number of amides is 2. The van der Waals surface area contributed by atoms with Crippen LogP contribution in [0.2, 0.25) is 0 Å². The topological polar surface area (TPSA) is 136 Å². The second-order valence-electron chi connectivity index (χ2n) is 11.8. The number of piperidine rings is 1. The SMILES string of the molecule is CCN(C(=O)OC(C)(C)C)C1CCN(c2cc(F)c(C(=O)Nc3cn4cc(C(=O)OC)nc(C)c4n3)c3nn(C)cc23)CC1. The Hall–Kier alpha value is -4.75. The van der Waals surface area contributed by atoms with Crippen molar-refractivity contribution in [3.05, 3.63) is 47.4 Å². The maximum Gasteiger partial charge on any atom is 0.410 e. The fourth-order valence-electron chi connectivity index (χ4n) is 5.59. The summed E-state index contributed by atoms with van der Waals surface area (Å²) in [4.78, 5) is 50.6. The van der Waals surface area contributed by atoms with E-state index >= 15 is 4.39 Å². The number of methoxy groups -OCH3 is 1. The molecule has 0 radical (unpaired) electrons. The summed E-state index contributed by atoms with van der Waals surface area (Å²) in [6, 6.07) is 1.36. The third kappa shape index (κ3) is 6.01. The molecule has 0 spiro atoms. The predicted octanol–water partition coefficient (Wildman–Crippen LogP) is 4.33. The molecule has 4 aromatic rings. The number of nitrogens with zero attached hydrogens (tertiary/aromatic N) is 7. The molecule has 0 unspecified atom stereocenters. The zero-order chi connectivity index (χ0) is 31.9. The molecule has 3 aromatic heterocycles. The van der Waals surface area contributed by atoms with Crippen LogP contribution >= 0.6 is 0 Å². The Labute approximate surface area is 253 Å². The van der Waals surface area contributed by atoms with Gasteiger partial charge in [-0.05, 0) is 53.5 Å². The lowest BCUT2D eigenvalue weighted by molar-refractivity contribution is 0.0149. The number of esters is 1. The highest BCUT2D eigenvalue weighted by Gasteiger charge is 2.32. The molecule has 1 saturated heterocycles. The molecular weight excluding hydrogens is 571 g/mol. The summed E-state index contributed by atoms with van der Waals surface area (Å²) < 4.78 is 29.2. The van der Waals surface area contributed by atoms with Crippen LogP contribution in [0.1, 0.15) is 67.1 Å². The van der Waals surface area contributed by atoms with Crippen LogP contribution in [-0.2, 0) is 16.5 Å². The molecule has 13 nitrogen and oxygen atoms in total. The van der Waals surface area contributed by atoms with Gasteiger partial charge in [0.25, 0.3) is 5.91 Å². The van der Waals surface area contributed by atoms with Crippen LogP contribution in [0, 0.1) is 12.7 Å². The Morgan fingerprint density at radius 3 is 2.48 bits per heavy atom. The highest BCUT2D eigenvalue weighted by molar-refractivity contribution is 6.14. The molecule has 1 fully saturated rings. The highest BCUT2D eigenvalue weighted by Crippen LogP contribution is 2.34. The van der Waals surface area contributed by atoms with E-state index in [0.717, 1.165) is 0 Å². The smallest absolute Gasteiger partial charge is 0.410 e. The number of imidazole rings is 1. The number of carbonyl (C=O) groups excluding carboxylic acids is 3. The van der Waals surface area contributed by atoms with Crippen LogP contribution in [0.15, 0.2) is 24.7 Å². The van der Waals surface area contributed by atoms with Gasteiger partial charge in [0, 0.05) is 50.5 Å². The molecule has 4 heterocycles. The van der Waals surface area contributed by atoms with E-state index in [1.54, 1.807) is 34.2 Å². The van der Waals surface area contributed by atoms with Crippen molar-refractivity contribution in [1.82, 2.24) is 29.0 Å². The number of rotatable bonds is 6. The molecule has 1 N–H and O–H groups in total. The average molecular weight is 609 g/mol. The van der Waals surface area contributed by atoms with Gasteiger partial charge in [-0.15, -0.1) is 0 Å². The summed E-state index contributed by atoms with van der Waals surface area (Å²) in [6.07, 6.45) is 5.74. The van der Waals surface area contributed by atoms with Gasteiger partial charge in [0.1, 0.15) is 22.5 Å². The molecule has 0 atom stereocenters. The quantitative estimate of drug-likeness (QED) is 0.317. The number of aromatic nitrogens is 5. The van der Waals surface area contributed by atoms with Crippen molar-refractivity contribution in [2.45, 2.75) is 59.1 Å². The van der Waals surface area contributed by atoms with E-state index in [-0.39, 0.29) is 34.7 Å². The standard InChI is InChI=1S/C30H37FN8O5/c1-8-39(29(42)44-30(3,4)5)18-9-11-37(12-10-18)22-13-20(31)24(25-19(22)14-36(6)35-25)27(40)34-23-16-38-15-21(28(41)43-7)32-17(2)26(38)33-23/h13-16,18H,8-12H2,1-7H3,(H,34,40). The second kappa shape index (κ2) is 11.7. The molecule has 1 aromatic carbocycles. The number of fused-ring (bicyclic) bond motifs is 2. The number of anilines is 2. The number of halogens is 1. The fraction of sp³-hybridized carbons (Fsp3) is 0.467. The van der Waals surface area contributed by atoms with Gasteiger partial charge in [-0.2, -0.15) is 5.10 Å². The predicted molar refractivity (Wildman–Crippen MR) is 162 cm³/mol. The number of ether oxygens (including phenoxy) is 2. The van der Waals surface area contributed by atoms with E-state index < -0.39 is 23.3 Å². The monoisotopic (exact) mass is 608 g/mol. The van der Waals surface area contributed by atoms with Crippen LogP contribution in [0.4, 0.5) is 20.7 Å². The Kier molecular flexibility index (Phi) is 8.19. The first kappa shape index (κ1) is 30.7. The van der Waals surface area contributed by atoms with Crippen LogP contribution in [0.25, 0.3) is 16.6 Å². The number of aryl methyl sites for hydroxylation is 2. The maximum atomic E-state index is 15.8. The van der Waals surface area contributed by atoms with E-state index in [2.05, 4.69) is 25.3 Å². The minimum absolute atomic E-state index is 0.00153. The first-order valence-electron chi connectivity index (χ1n) is 14.5. The van der Waals surface area contributed by atoms with Crippen molar-refractivity contribution in [2.75, 3.05) is 37.0 Å². The second-order valence-corrected chi connectivity index (χ2v) is 11.8. The lowest BCUT2D eigenvalue weighted by atomic mass is 10.0. The summed E-state index contributed by atoms with van der Waals surface area (Å²) >= 11 is 0. The van der Waals surface area contributed by atoms with Crippen LogP contribution in [0.3, 0.4) is 0 Å². The van der Waals surface area contributed by atoms with Crippen LogP contribution in [-0.4, -0.2) is 85.4 Å². The van der Waals surface area contributed by atoms with E-state index in [9.17, 15) is 14.4 Å². The number of hydrogen-bond donors (Lipinski definition) is 1. The van der Waals surface area contributed by atoms with Gasteiger partial charge in [0.2, 0.25) is 0 Å². The van der Waals surface area contributed by atoms with Gasteiger partial charge >= 0.3 is 12.1 Å². The number of hydrogen-bond acceptors (Lipinski definition) is 9. The van der Waals surface area contributed by atoms with E-state index in [4.69, 9.17) is 9.47 Å². The van der Waals surface area contributed by atoms with Crippen LogP contribution < -0.4 is 10.2 Å². The van der Waals surface area contributed by atoms with E-state index in [0.29, 0.717) is 54.9 Å². The first-order chi connectivity index (χ1) is 20.8. The molecule has 0 bridgehead atoms. The van der Waals surface area contributed by atoms with Crippen LogP contribution in [0.5, 0.6) is 0 Å². The van der Waals surface area contributed by atoms with Gasteiger partial charge in [0.05, 0.1) is 24.7 Å². The zero-order valence-corrected chi connectivity index (χ0v) is 26.0. The van der Waals surface area contributed by atoms with Crippen molar-refractivity contribution < 1.29 is 28.2 Å². The van der Waals surface area contributed by atoms with Gasteiger partial charge in [0.15, 0.2) is 17.2 Å². The van der Waals surface area contributed by atoms with Crippen molar-refractivity contribution >= 4 is 46.0 Å². The summed E-state index contributed by atoms with van der Waals surface area (Å²) in [7, 11) is 2.97. The lowest BCUT2D eigenvalue weighted by Crippen LogP contribution is -2.48. The van der Waals surface area contributed by atoms with Gasteiger partial charge in [-0.25, -0.2) is 23.9 Å². The molecule has 2 amide bonds. The van der Waals surface area contributed by atoms with Crippen molar-refractivity contribution in [3.63, 3.8) is 0 Å². The Morgan fingerprint density at radius 2 is 1.84 bits per heavy atom. The van der Waals surface area contributed by atoms with Gasteiger partial charge in [-0.1, -0.05) is 0 Å². The average Bonchev–Trinajstić information content (AvgIpc) is 3.54. The molecule has 234 valence electrons. The molecule has 5 rings (SSSR count). The molecule has 1 aliphatic heterocycles. The van der Waals surface area contributed by atoms with Crippen molar-refractivity contribution in [3.8, 4) is 0 Å². The minimum atomic E-state index is -0.718. The molecule has 0 saturated carbocycles. The maximum absolute atomic E-state index is 15.8. The third-order valence-corrected chi connectivity index (χ3v) is 7.53. The largest absolute Gasteiger partial charge is 0.464 e. The summed E-state index contributed by atoms with van der Waals surface area (Å²) in [5, 5.41) is 7.73. The third-order valence-electron chi connectivity index (χ3n) is 7.53. The molecule has 0 aliphatic carbocycles. The summed E-state index contributed by atoms with van der Waals surface area (Å²) in [6.45, 7) is 10.8. The fourth-order valence-corrected chi connectivity index (χ4v) is 5.59. The van der Waals surface area contributed by atoms with Gasteiger partial charge < -0.3 is 29.0 Å². The highest BCUT2D eigenvalue weighted by atomic mass is 19.1. The Balaban J connectivity index is 1.38. The minimum Gasteiger partial charge on any atom is -0.464 e. The van der Waals surface area contributed by atoms with E-state index in [1.165, 1.54) is 25.6 Å². The molecule has 44 heavy (non-hydrogen) atoms. The number of nitrogens with one attached hydrogen (secondary N) is 1. The molecular formula is C30H37FN8O5. The van der Waals surface area contributed by atoms with E-state index in [1.807, 2.05) is 27.7 Å². The van der Waals surface area contributed by atoms with Gasteiger partial charge in [-0.3, -0.25) is 9.48 Å². The molecule has 1 aliphatic rings. The Bertz CT molecular complexity index is 1750. The first-order valence-corrected chi connectivity index (χ1v) is 14.5. The summed E-state index contributed by atoms with van der Waals surface area (Å²) in [5.41, 5.74) is 1.02. The van der Waals surface area contributed by atoms with Crippen molar-refractivity contribution in [2.24, 2.45) is 7.05 Å². The number of carbonyl (C=O) groups is 3. The lowest BCUT2D eigenvalue weighted by Gasteiger charge is -2.39. The zero-order valence-electron chi connectivity index (χ0n) is 26.0. The number of benzene rings is 1. The molecule has 14 heteroatoms. The Morgan fingerprint density at radius 1 is 1.14 bits per heavy atom. The summed E-state index contributed by atoms with van der Waals surface area (Å²) in [5.74, 6) is -1.88. The normalized spacial score (nSPS) is 14.2.